The normalized spacial score (nSPS) is 17.9. The molecule has 2 aromatic rings. The summed E-state index contributed by atoms with van der Waals surface area (Å²) in [6, 6.07) is 4.05. The van der Waals surface area contributed by atoms with E-state index in [2.05, 4.69) is 4.98 Å². The zero-order chi connectivity index (χ0) is 12.9. The number of rotatable bonds is 1. The molecule has 1 N–H and O–H groups in total. The lowest BCUT2D eigenvalue weighted by atomic mass is 10.2. The van der Waals surface area contributed by atoms with Gasteiger partial charge in [-0.25, -0.2) is 9.78 Å². The molecule has 3 rings (SSSR count). The van der Waals surface area contributed by atoms with Gasteiger partial charge in [0.2, 0.25) is 0 Å². The van der Waals surface area contributed by atoms with Gasteiger partial charge in [-0.1, -0.05) is 11.6 Å². The Bertz CT molecular complexity index is 723. The summed E-state index contributed by atoms with van der Waals surface area (Å²) in [7, 11) is 0. The minimum atomic E-state index is -1.00. The van der Waals surface area contributed by atoms with Crippen molar-refractivity contribution in [3.8, 4) is 0 Å². The van der Waals surface area contributed by atoms with Crippen molar-refractivity contribution in [3.63, 3.8) is 0 Å². The Morgan fingerprint density at radius 2 is 2.28 bits per heavy atom. The summed E-state index contributed by atoms with van der Waals surface area (Å²) in [5.74, 6) is -0.471. The molecule has 0 aliphatic carbocycles. The van der Waals surface area contributed by atoms with E-state index in [0.717, 1.165) is 0 Å². The molecule has 5 nitrogen and oxygen atoms in total. The highest BCUT2D eigenvalue weighted by Crippen LogP contribution is 2.25. The summed E-state index contributed by atoms with van der Waals surface area (Å²) in [6.07, 6.45) is 0.909. The van der Waals surface area contributed by atoms with Gasteiger partial charge >= 0.3 is 5.97 Å². The molecule has 0 amide bonds. The average molecular weight is 265 g/mol. The number of nitrogens with zero attached hydrogens (tertiary/aromatic N) is 2. The van der Waals surface area contributed by atoms with Crippen molar-refractivity contribution in [2.24, 2.45) is 0 Å². The van der Waals surface area contributed by atoms with Crippen LogP contribution < -0.4 is 5.56 Å². The van der Waals surface area contributed by atoms with Gasteiger partial charge in [0.05, 0.1) is 10.9 Å². The Kier molecular flexibility index (Phi) is 2.38. The van der Waals surface area contributed by atoms with Crippen molar-refractivity contribution >= 4 is 28.5 Å². The first kappa shape index (κ1) is 11.2. The summed E-state index contributed by atoms with van der Waals surface area (Å²) >= 11 is 5.85. The van der Waals surface area contributed by atoms with Gasteiger partial charge in [-0.2, -0.15) is 0 Å². The maximum absolute atomic E-state index is 12.3. The van der Waals surface area contributed by atoms with Crippen LogP contribution in [0.15, 0.2) is 23.0 Å². The van der Waals surface area contributed by atoms with Gasteiger partial charge in [-0.05, 0) is 24.6 Å². The molecular weight excluding hydrogens is 256 g/mol. The number of hydrogen-bond donors (Lipinski definition) is 1. The Morgan fingerprint density at radius 3 is 3.00 bits per heavy atom. The van der Waals surface area contributed by atoms with Crippen LogP contribution in [0.5, 0.6) is 0 Å². The number of hydrogen-bond acceptors (Lipinski definition) is 3. The molecule has 0 saturated heterocycles. The van der Waals surface area contributed by atoms with Crippen LogP contribution in [0.3, 0.4) is 0 Å². The van der Waals surface area contributed by atoms with Crippen molar-refractivity contribution < 1.29 is 9.90 Å². The number of aromatic nitrogens is 2. The SMILES string of the molecule is O=C(O)[C@@H]1CCc2nc3ccc(Cl)cc3c(=O)n21. The number of aliphatic carboxylic acids is 1. The molecule has 1 aliphatic heterocycles. The number of carboxylic acids is 1. The van der Waals surface area contributed by atoms with Crippen LogP contribution in [0.2, 0.25) is 5.02 Å². The minimum Gasteiger partial charge on any atom is -0.480 e. The van der Waals surface area contributed by atoms with Gasteiger partial charge in [0.1, 0.15) is 11.9 Å². The number of halogens is 1. The van der Waals surface area contributed by atoms with Gasteiger partial charge in [0, 0.05) is 11.4 Å². The summed E-state index contributed by atoms with van der Waals surface area (Å²) in [5, 5.41) is 9.89. The van der Waals surface area contributed by atoms with E-state index in [9.17, 15) is 9.59 Å². The van der Waals surface area contributed by atoms with E-state index in [1.165, 1.54) is 10.6 Å². The van der Waals surface area contributed by atoms with Crippen molar-refractivity contribution in [3.05, 3.63) is 39.4 Å². The van der Waals surface area contributed by atoms with E-state index in [0.29, 0.717) is 34.6 Å². The van der Waals surface area contributed by atoms with Crippen molar-refractivity contribution in [1.82, 2.24) is 9.55 Å². The lowest BCUT2D eigenvalue weighted by Gasteiger charge is -2.10. The van der Waals surface area contributed by atoms with Crippen LogP contribution in [0.1, 0.15) is 18.3 Å². The second kappa shape index (κ2) is 3.81. The Hall–Kier alpha value is -1.88. The Labute approximate surface area is 107 Å². The largest absolute Gasteiger partial charge is 0.480 e. The second-order valence-electron chi connectivity index (χ2n) is 4.26. The number of fused-ring (bicyclic) bond motifs is 2. The predicted octanol–water partition coefficient (Wildman–Crippen LogP) is 1.62. The number of carbonyl (C=O) groups is 1. The van der Waals surface area contributed by atoms with Gasteiger partial charge in [0.15, 0.2) is 0 Å². The third kappa shape index (κ3) is 1.51. The van der Waals surface area contributed by atoms with E-state index in [1.807, 2.05) is 0 Å². The zero-order valence-corrected chi connectivity index (χ0v) is 10.0. The molecule has 18 heavy (non-hydrogen) atoms. The maximum atomic E-state index is 12.3. The number of carboxylic acid groups (broad SMARTS) is 1. The fourth-order valence-corrected chi connectivity index (χ4v) is 2.52. The summed E-state index contributed by atoms with van der Waals surface area (Å²) in [6.45, 7) is 0. The standard InChI is InChI=1S/C12H9ClN2O3/c13-6-1-2-8-7(5-6)11(16)15-9(12(17)18)3-4-10(15)14-8/h1-2,5,9H,3-4H2,(H,17,18)/t9-/m0/s1. The molecule has 0 bridgehead atoms. The highest BCUT2D eigenvalue weighted by atomic mass is 35.5. The summed E-state index contributed by atoms with van der Waals surface area (Å²) in [4.78, 5) is 27.7. The van der Waals surface area contributed by atoms with Crippen LogP contribution >= 0.6 is 11.6 Å². The third-order valence-corrected chi connectivity index (χ3v) is 3.41. The molecule has 92 valence electrons. The molecule has 0 fully saturated rings. The third-order valence-electron chi connectivity index (χ3n) is 3.17. The second-order valence-corrected chi connectivity index (χ2v) is 4.69. The van der Waals surface area contributed by atoms with E-state index >= 15 is 0 Å². The quantitative estimate of drug-likeness (QED) is 0.850. The first-order valence-corrected chi connectivity index (χ1v) is 5.89. The molecule has 0 spiro atoms. The Morgan fingerprint density at radius 1 is 1.50 bits per heavy atom. The fourth-order valence-electron chi connectivity index (χ4n) is 2.34. The average Bonchev–Trinajstić information content (AvgIpc) is 2.74. The molecule has 0 radical (unpaired) electrons. The molecule has 6 heteroatoms. The van der Waals surface area contributed by atoms with Crippen LogP contribution in [-0.2, 0) is 11.2 Å². The highest BCUT2D eigenvalue weighted by molar-refractivity contribution is 6.31. The fraction of sp³-hybridized carbons (Fsp3) is 0.250. The first-order chi connectivity index (χ1) is 8.58. The van der Waals surface area contributed by atoms with Crippen molar-refractivity contribution in [1.29, 1.82) is 0 Å². The van der Waals surface area contributed by atoms with Gasteiger partial charge in [-0.15, -0.1) is 0 Å². The van der Waals surface area contributed by atoms with E-state index < -0.39 is 12.0 Å². The van der Waals surface area contributed by atoms with E-state index in [1.54, 1.807) is 12.1 Å². The molecule has 0 saturated carbocycles. The van der Waals surface area contributed by atoms with Gasteiger partial charge in [-0.3, -0.25) is 9.36 Å². The van der Waals surface area contributed by atoms with Crippen LogP contribution in [0.4, 0.5) is 0 Å². The molecule has 0 unspecified atom stereocenters. The minimum absolute atomic E-state index is 0.331. The first-order valence-electron chi connectivity index (χ1n) is 5.51. The number of benzene rings is 1. The van der Waals surface area contributed by atoms with Crippen molar-refractivity contribution in [2.75, 3.05) is 0 Å². The maximum Gasteiger partial charge on any atom is 0.326 e. The van der Waals surface area contributed by atoms with Crippen LogP contribution in [0, 0.1) is 0 Å². The number of aryl methyl sites for hydroxylation is 1. The Balaban J connectivity index is 2.36. The van der Waals surface area contributed by atoms with Gasteiger partial charge < -0.3 is 5.11 Å². The highest BCUT2D eigenvalue weighted by Gasteiger charge is 2.30. The van der Waals surface area contributed by atoms with E-state index in [4.69, 9.17) is 16.7 Å². The molecular formula is C12H9ClN2O3. The lowest BCUT2D eigenvalue weighted by molar-refractivity contribution is -0.140. The lowest BCUT2D eigenvalue weighted by Crippen LogP contribution is -2.28. The monoisotopic (exact) mass is 264 g/mol. The predicted molar refractivity (Wildman–Crippen MR) is 66.0 cm³/mol. The molecule has 1 aromatic carbocycles. The zero-order valence-electron chi connectivity index (χ0n) is 9.26. The van der Waals surface area contributed by atoms with Crippen LogP contribution in [-0.4, -0.2) is 20.6 Å². The van der Waals surface area contributed by atoms with E-state index in [-0.39, 0.29) is 5.56 Å². The molecule has 2 heterocycles. The molecule has 1 atom stereocenters. The molecule has 1 aliphatic rings. The topological polar surface area (TPSA) is 72.2 Å². The van der Waals surface area contributed by atoms with Crippen LogP contribution in [0.25, 0.3) is 10.9 Å². The molecule has 1 aromatic heterocycles. The van der Waals surface area contributed by atoms with Crippen molar-refractivity contribution in [2.45, 2.75) is 18.9 Å². The summed E-state index contributed by atoms with van der Waals surface area (Å²) < 4.78 is 1.26. The summed E-state index contributed by atoms with van der Waals surface area (Å²) in [5.41, 5.74) is 0.226. The van der Waals surface area contributed by atoms with Gasteiger partial charge in [0.25, 0.3) is 5.56 Å². The smallest absolute Gasteiger partial charge is 0.326 e.